The molecular weight excluding hydrogens is 240 g/mol. The van der Waals surface area contributed by atoms with E-state index in [9.17, 15) is 0 Å². The highest BCUT2D eigenvalue weighted by atomic mass is 16.5. The number of hydrogen-bond donors (Lipinski definition) is 1. The molecule has 2 unspecified atom stereocenters. The fourth-order valence-electron chi connectivity index (χ4n) is 2.65. The van der Waals surface area contributed by atoms with Crippen LogP contribution in [0.1, 0.15) is 25.7 Å². The van der Waals surface area contributed by atoms with Crippen molar-refractivity contribution in [2.24, 2.45) is 11.7 Å². The number of para-hydroxylation sites is 1. The molecule has 5 nitrogen and oxygen atoms in total. The van der Waals surface area contributed by atoms with Crippen LogP contribution in [0.5, 0.6) is 6.01 Å². The highest BCUT2D eigenvalue weighted by Crippen LogP contribution is 2.26. The van der Waals surface area contributed by atoms with E-state index >= 15 is 0 Å². The van der Waals surface area contributed by atoms with Gasteiger partial charge in [0.15, 0.2) is 0 Å². The van der Waals surface area contributed by atoms with Gasteiger partial charge < -0.3 is 10.5 Å². The molecule has 1 aromatic heterocycles. The van der Waals surface area contributed by atoms with Crippen molar-refractivity contribution in [1.29, 1.82) is 0 Å². The number of nitrogens with two attached hydrogens (primary N) is 1. The molecule has 0 radical (unpaired) electrons. The van der Waals surface area contributed by atoms with Gasteiger partial charge in [0.25, 0.3) is 0 Å². The highest BCUT2D eigenvalue weighted by molar-refractivity contribution is 5.73. The van der Waals surface area contributed by atoms with Crippen molar-refractivity contribution < 1.29 is 4.74 Å². The van der Waals surface area contributed by atoms with Crippen molar-refractivity contribution in [2.45, 2.75) is 31.8 Å². The maximum absolute atomic E-state index is 5.90. The molecule has 5 heteroatoms. The Kier molecular flexibility index (Phi) is 3.55. The van der Waals surface area contributed by atoms with Gasteiger partial charge >= 0.3 is 6.01 Å². The molecule has 3 rings (SSSR count). The molecule has 0 bridgehead atoms. The first kappa shape index (κ1) is 12.3. The molecule has 1 heterocycles. The average Bonchev–Trinajstić information content (AvgIpc) is 2.48. The lowest BCUT2D eigenvalue weighted by Crippen LogP contribution is -2.35. The first-order valence-corrected chi connectivity index (χ1v) is 6.83. The van der Waals surface area contributed by atoms with Crippen molar-refractivity contribution in [1.82, 2.24) is 15.2 Å². The number of ether oxygens (including phenoxy) is 1. The summed E-state index contributed by atoms with van der Waals surface area (Å²) in [5.74, 6) is 0.406. The van der Waals surface area contributed by atoms with E-state index in [0.29, 0.717) is 18.5 Å². The zero-order valence-electron chi connectivity index (χ0n) is 10.8. The minimum atomic E-state index is 0.127. The molecule has 1 aromatic carbocycles. The summed E-state index contributed by atoms with van der Waals surface area (Å²) in [7, 11) is 0. The molecular formula is C14H18N4O. The lowest BCUT2D eigenvalue weighted by molar-refractivity contribution is 0.0865. The van der Waals surface area contributed by atoms with Gasteiger partial charge in [-0.1, -0.05) is 23.7 Å². The van der Waals surface area contributed by atoms with Gasteiger partial charge in [-0.3, -0.25) is 0 Å². The third-order valence-corrected chi connectivity index (χ3v) is 3.74. The summed E-state index contributed by atoms with van der Waals surface area (Å²) in [6.07, 6.45) is 4.70. The molecule has 2 atom stereocenters. The van der Waals surface area contributed by atoms with Gasteiger partial charge in [-0.2, -0.15) is 4.98 Å². The zero-order chi connectivity index (χ0) is 13.1. The quantitative estimate of drug-likeness (QED) is 0.910. The maximum Gasteiger partial charge on any atom is 0.336 e. The number of benzene rings is 1. The van der Waals surface area contributed by atoms with E-state index in [2.05, 4.69) is 15.2 Å². The Morgan fingerprint density at radius 1 is 1.11 bits per heavy atom. The second-order valence-electron chi connectivity index (χ2n) is 5.02. The van der Waals surface area contributed by atoms with Gasteiger partial charge in [0.05, 0.1) is 5.52 Å². The number of hydrogen-bond acceptors (Lipinski definition) is 5. The Balaban J connectivity index is 1.80. The molecule has 1 aliphatic rings. The van der Waals surface area contributed by atoms with E-state index in [1.54, 1.807) is 0 Å². The molecule has 100 valence electrons. The fourth-order valence-corrected chi connectivity index (χ4v) is 2.65. The van der Waals surface area contributed by atoms with E-state index in [1.165, 1.54) is 12.8 Å². The molecule has 1 saturated carbocycles. The van der Waals surface area contributed by atoms with Crippen LogP contribution in [0.3, 0.4) is 0 Å². The number of fused-ring (bicyclic) bond motifs is 1. The van der Waals surface area contributed by atoms with Crippen LogP contribution in [0.2, 0.25) is 0 Å². The first-order chi connectivity index (χ1) is 9.36. The topological polar surface area (TPSA) is 73.9 Å². The average molecular weight is 258 g/mol. The minimum Gasteiger partial charge on any atom is -0.459 e. The van der Waals surface area contributed by atoms with Crippen LogP contribution in [0, 0.1) is 5.92 Å². The van der Waals surface area contributed by atoms with Gasteiger partial charge in [0.2, 0.25) is 0 Å². The molecule has 1 aliphatic carbocycles. The van der Waals surface area contributed by atoms with E-state index < -0.39 is 0 Å². The Morgan fingerprint density at radius 3 is 2.74 bits per heavy atom. The largest absolute Gasteiger partial charge is 0.459 e. The van der Waals surface area contributed by atoms with E-state index in [4.69, 9.17) is 10.5 Å². The third-order valence-electron chi connectivity index (χ3n) is 3.74. The highest BCUT2D eigenvalue weighted by Gasteiger charge is 2.26. The van der Waals surface area contributed by atoms with E-state index in [1.807, 2.05) is 24.3 Å². The number of nitrogens with zero attached hydrogens (tertiary/aromatic N) is 3. The van der Waals surface area contributed by atoms with Crippen LogP contribution in [0.25, 0.3) is 11.0 Å². The first-order valence-electron chi connectivity index (χ1n) is 6.83. The van der Waals surface area contributed by atoms with Crippen LogP contribution in [0.4, 0.5) is 0 Å². The van der Waals surface area contributed by atoms with Gasteiger partial charge in [-0.25, -0.2) is 0 Å². The molecule has 0 amide bonds. The maximum atomic E-state index is 5.90. The monoisotopic (exact) mass is 258 g/mol. The van der Waals surface area contributed by atoms with E-state index in [-0.39, 0.29) is 6.10 Å². The van der Waals surface area contributed by atoms with Crippen LogP contribution < -0.4 is 10.5 Å². The summed E-state index contributed by atoms with van der Waals surface area (Å²) >= 11 is 0. The Labute approximate surface area is 112 Å². The van der Waals surface area contributed by atoms with Gasteiger partial charge in [-0.05, 0) is 37.9 Å². The third kappa shape index (κ3) is 2.66. The van der Waals surface area contributed by atoms with Crippen LogP contribution >= 0.6 is 0 Å². The predicted molar refractivity (Wildman–Crippen MR) is 72.8 cm³/mol. The number of aromatic nitrogens is 3. The Hall–Kier alpha value is -1.75. The second kappa shape index (κ2) is 5.48. The minimum absolute atomic E-state index is 0.127. The molecule has 2 aromatic rings. The smallest absolute Gasteiger partial charge is 0.336 e. The van der Waals surface area contributed by atoms with Gasteiger partial charge in [-0.15, -0.1) is 5.10 Å². The van der Waals surface area contributed by atoms with Crippen molar-refractivity contribution >= 4 is 11.0 Å². The summed E-state index contributed by atoms with van der Waals surface area (Å²) in [6.45, 7) is 0.658. The van der Waals surface area contributed by atoms with Crippen molar-refractivity contribution in [3.8, 4) is 6.01 Å². The van der Waals surface area contributed by atoms with Crippen LogP contribution in [0.15, 0.2) is 24.3 Å². The lowest BCUT2D eigenvalue weighted by Gasteiger charge is -2.29. The van der Waals surface area contributed by atoms with Gasteiger partial charge in [0, 0.05) is 5.92 Å². The normalized spacial score (nSPS) is 23.4. The SMILES string of the molecule is NCC1CCCCC1Oc1nnc2ccccc2n1. The molecule has 0 aliphatic heterocycles. The van der Waals surface area contributed by atoms with Gasteiger partial charge in [0.1, 0.15) is 11.6 Å². The van der Waals surface area contributed by atoms with Crippen molar-refractivity contribution in [2.75, 3.05) is 6.54 Å². The zero-order valence-corrected chi connectivity index (χ0v) is 10.8. The van der Waals surface area contributed by atoms with Crippen molar-refractivity contribution in [3.05, 3.63) is 24.3 Å². The molecule has 0 saturated heterocycles. The Morgan fingerprint density at radius 2 is 1.89 bits per heavy atom. The van der Waals surface area contributed by atoms with Crippen LogP contribution in [-0.2, 0) is 0 Å². The predicted octanol–water partition coefficient (Wildman–Crippen LogP) is 1.92. The van der Waals surface area contributed by atoms with Crippen molar-refractivity contribution in [3.63, 3.8) is 0 Å². The summed E-state index contributed by atoms with van der Waals surface area (Å²) < 4.78 is 5.90. The molecule has 19 heavy (non-hydrogen) atoms. The molecule has 1 fully saturated rings. The lowest BCUT2D eigenvalue weighted by atomic mass is 9.86. The standard InChI is InChI=1S/C14H18N4O/c15-9-10-5-1-4-8-13(10)19-14-16-11-6-2-3-7-12(11)17-18-14/h2-3,6-7,10,13H,1,4-5,8-9,15H2. The molecule has 2 N–H and O–H groups in total. The van der Waals surface area contributed by atoms with Crippen LogP contribution in [-0.4, -0.2) is 27.8 Å². The summed E-state index contributed by atoms with van der Waals surface area (Å²) in [4.78, 5) is 4.40. The van der Waals surface area contributed by atoms with E-state index in [0.717, 1.165) is 23.9 Å². The number of rotatable bonds is 3. The summed E-state index contributed by atoms with van der Waals surface area (Å²) in [6, 6.07) is 8.03. The summed E-state index contributed by atoms with van der Waals surface area (Å²) in [5, 5.41) is 8.17. The summed E-state index contributed by atoms with van der Waals surface area (Å²) in [5.41, 5.74) is 7.40. The fraction of sp³-hybridized carbons (Fsp3) is 0.500. The second-order valence-corrected chi connectivity index (χ2v) is 5.02. The Bertz CT molecular complexity index is 560. The molecule has 0 spiro atoms.